The molecule has 8 heteroatoms. The van der Waals surface area contributed by atoms with Crippen molar-refractivity contribution in [2.24, 2.45) is 11.3 Å². The molecule has 0 amide bonds. The van der Waals surface area contributed by atoms with Gasteiger partial charge in [-0.2, -0.15) is 0 Å². The number of rotatable bonds is 4. The van der Waals surface area contributed by atoms with Crippen molar-refractivity contribution in [3.8, 4) is 5.75 Å². The fourth-order valence-corrected chi connectivity index (χ4v) is 5.07. The highest BCUT2D eigenvalue weighted by atomic mass is 16.7. The van der Waals surface area contributed by atoms with Crippen LogP contribution in [0.1, 0.15) is 59.9 Å². The van der Waals surface area contributed by atoms with Crippen molar-refractivity contribution in [1.82, 2.24) is 4.98 Å². The van der Waals surface area contributed by atoms with Gasteiger partial charge in [-0.05, 0) is 42.2 Å². The number of nitro groups is 1. The lowest BCUT2D eigenvalue weighted by atomic mass is 9.70. The molecule has 8 nitrogen and oxygen atoms in total. The molecule has 0 bridgehead atoms. The Hall–Kier alpha value is -3.52. The van der Waals surface area contributed by atoms with Gasteiger partial charge in [0.25, 0.3) is 5.69 Å². The minimum Gasteiger partial charge on any atom is -0.467 e. The smallest absolute Gasteiger partial charge is 0.339 e. The van der Waals surface area contributed by atoms with Crippen molar-refractivity contribution in [2.45, 2.75) is 53.2 Å². The number of aromatic nitrogens is 1. The molecule has 0 saturated heterocycles. The number of ether oxygens (including phenoxy) is 3. The number of fused-ring (bicyclic) bond motifs is 3. The number of para-hydroxylation sites is 1. The van der Waals surface area contributed by atoms with Gasteiger partial charge in [-0.25, -0.2) is 4.79 Å². The van der Waals surface area contributed by atoms with E-state index in [1.807, 2.05) is 24.3 Å². The number of carbonyl (C=O) groups excluding carboxylic acids is 1. The van der Waals surface area contributed by atoms with Crippen LogP contribution in [-0.4, -0.2) is 22.7 Å². The van der Waals surface area contributed by atoms with Gasteiger partial charge in [0.15, 0.2) is 6.79 Å². The van der Waals surface area contributed by atoms with E-state index < -0.39 is 10.9 Å². The largest absolute Gasteiger partial charge is 0.467 e. The van der Waals surface area contributed by atoms with E-state index in [9.17, 15) is 14.9 Å². The molecule has 0 fully saturated rings. The van der Waals surface area contributed by atoms with Crippen LogP contribution in [0.15, 0.2) is 36.4 Å². The minimum absolute atomic E-state index is 0.0441. The molecule has 0 saturated carbocycles. The van der Waals surface area contributed by atoms with Crippen molar-refractivity contribution < 1.29 is 23.9 Å². The monoisotopic (exact) mass is 476 g/mol. The summed E-state index contributed by atoms with van der Waals surface area (Å²) < 4.78 is 16.7. The van der Waals surface area contributed by atoms with Crippen LogP contribution in [0.2, 0.25) is 0 Å². The molecule has 0 unspecified atom stereocenters. The third-order valence-corrected chi connectivity index (χ3v) is 7.03. The number of benzene rings is 2. The third kappa shape index (κ3) is 4.46. The van der Waals surface area contributed by atoms with Crippen molar-refractivity contribution in [2.75, 3.05) is 6.79 Å². The predicted molar refractivity (Wildman–Crippen MR) is 129 cm³/mol. The first-order valence-corrected chi connectivity index (χ1v) is 11.8. The first kappa shape index (κ1) is 23.2. The molecule has 2 aliphatic rings. The fourth-order valence-electron chi connectivity index (χ4n) is 5.07. The third-order valence-electron chi connectivity index (χ3n) is 7.03. The maximum absolute atomic E-state index is 13.6. The number of nitro benzene ring substituents is 1. The van der Waals surface area contributed by atoms with Gasteiger partial charge in [0, 0.05) is 34.3 Å². The molecular weight excluding hydrogens is 448 g/mol. The van der Waals surface area contributed by atoms with Crippen LogP contribution in [0.25, 0.3) is 10.9 Å². The summed E-state index contributed by atoms with van der Waals surface area (Å²) in [6.45, 7) is 6.78. The van der Waals surface area contributed by atoms with Gasteiger partial charge >= 0.3 is 5.97 Å². The Morgan fingerprint density at radius 1 is 1.26 bits per heavy atom. The molecule has 182 valence electrons. The van der Waals surface area contributed by atoms with Gasteiger partial charge in [-0.3, -0.25) is 15.1 Å². The van der Waals surface area contributed by atoms with Crippen LogP contribution in [0.3, 0.4) is 0 Å². The van der Waals surface area contributed by atoms with Crippen LogP contribution < -0.4 is 4.74 Å². The molecule has 0 radical (unpaired) electrons. The Morgan fingerprint density at radius 2 is 2.06 bits per heavy atom. The lowest BCUT2D eigenvalue weighted by molar-refractivity contribution is -0.385. The highest BCUT2D eigenvalue weighted by Crippen LogP contribution is 2.40. The second-order valence-corrected chi connectivity index (χ2v) is 10.3. The molecule has 1 atom stereocenters. The van der Waals surface area contributed by atoms with Crippen LogP contribution in [-0.2, 0) is 35.5 Å². The Kier molecular flexibility index (Phi) is 5.92. The number of nitrogens with zero attached hydrogens (tertiary/aromatic N) is 2. The molecule has 3 aromatic rings. The van der Waals surface area contributed by atoms with E-state index in [0.29, 0.717) is 28.4 Å². The highest BCUT2D eigenvalue weighted by Gasteiger charge is 2.33. The molecule has 1 aliphatic carbocycles. The lowest BCUT2D eigenvalue weighted by Crippen LogP contribution is -2.29. The van der Waals surface area contributed by atoms with Gasteiger partial charge in [-0.15, -0.1) is 0 Å². The Balaban J connectivity index is 1.52. The van der Waals surface area contributed by atoms with Crippen LogP contribution in [0.4, 0.5) is 5.69 Å². The Bertz CT molecular complexity index is 1330. The molecule has 2 aromatic carbocycles. The van der Waals surface area contributed by atoms with Gasteiger partial charge in [0.1, 0.15) is 12.4 Å². The number of aryl methyl sites for hydroxylation is 1. The van der Waals surface area contributed by atoms with E-state index in [4.69, 9.17) is 19.2 Å². The molecule has 1 aromatic heterocycles. The molecular formula is C27H28N2O6. The number of hydrogen-bond acceptors (Lipinski definition) is 7. The van der Waals surface area contributed by atoms with Crippen LogP contribution >= 0.6 is 0 Å². The number of hydrogen-bond donors (Lipinski definition) is 0. The summed E-state index contributed by atoms with van der Waals surface area (Å²) in [5.74, 6) is 0.437. The van der Waals surface area contributed by atoms with E-state index in [1.54, 1.807) is 0 Å². The Morgan fingerprint density at radius 3 is 2.83 bits per heavy atom. The molecule has 5 rings (SSSR count). The number of non-ortho nitro benzene ring substituents is 1. The normalized spacial score (nSPS) is 17.3. The lowest BCUT2D eigenvalue weighted by Gasteiger charge is -2.35. The van der Waals surface area contributed by atoms with Crippen molar-refractivity contribution in [1.29, 1.82) is 0 Å². The fraction of sp³-hybridized carbons (Fsp3) is 0.407. The second kappa shape index (κ2) is 8.92. The van der Waals surface area contributed by atoms with Crippen LogP contribution in [0.5, 0.6) is 5.75 Å². The molecule has 2 heterocycles. The maximum atomic E-state index is 13.6. The van der Waals surface area contributed by atoms with E-state index in [-0.39, 0.29) is 31.1 Å². The average Bonchev–Trinajstić information content (AvgIpc) is 2.84. The summed E-state index contributed by atoms with van der Waals surface area (Å²) >= 11 is 0. The van der Waals surface area contributed by atoms with Crippen LogP contribution in [0, 0.1) is 21.4 Å². The minimum atomic E-state index is -0.473. The van der Waals surface area contributed by atoms with Crippen molar-refractivity contribution in [3.05, 3.63) is 74.5 Å². The SMILES string of the molecule is CC(C)(C)[C@@H]1CCc2nc3ccccc3c(C(=O)OCc3cc([N+](=O)[O-])cc4c3OCOC4)c2C1. The molecule has 0 N–H and O–H groups in total. The molecule has 1 aliphatic heterocycles. The first-order chi connectivity index (χ1) is 16.7. The van der Waals surface area contributed by atoms with Gasteiger partial charge < -0.3 is 14.2 Å². The molecule has 0 spiro atoms. The number of pyridine rings is 1. The average molecular weight is 477 g/mol. The quantitative estimate of drug-likeness (QED) is 0.278. The van der Waals surface area contributed by atoms with E-state index in [2.05, 4.69) is 20.8 Å². The maximum Gasteiger partial charge on any atom is 0.339 e. The first-order valence-electron chi connectivity index (χ1n) is 11.8. The zero-order valence-corrected chi connectivity index (χ0v) is 20.1. The topological polar surface area (TPSA) is 101 Å². The Labute approximate surface area is 203 Å². The standard InChI is InChI=1S/C27H28N2O6/c1-27(2,3)18-8-9-23-21(12-18)24(20-6-4-5-7-22(20)28-23)26(30)34-14-17-11-19(29(31)32)10-16-13-33-15-35-25(16)17/h4-7,10-11,18H,8-9,12-15H2,1-3H3/t18-/m1/s1. The summed E-state index contributed by atoms with van der Waals surface area (Å²) in [5.41, 5.74) is 4.23. The summed E-state index contributed by atoms with van der Waals surface area (Å²) in [6, 6.07) is 10.4. The van der Waals surface area contributed by atoms with E-state index >= 15 is 0 Å². The summed E-state index contributed by atoms with van der Waals surface area (Å²) in [7, 11) is 0. The zero-order valence-electron chi connectivity index (χ0n) is 20.1. The van der Waals surface area contributed by atoms with Crippen molar-refractivity contribution in [3.63, 3.8) is 0 Å². The van der Waals surface area contributed by atoms with Gasteiger partial charge in [0.2, 0.25) is 0 Å². The highest BCUT2D eigenvalue weighted by molar-refractivity contribution is 6.05. The zero-order chi connectivity index (χ0) is 24.7. The second-order valence-electron chi connectivity index (χ2n) is 10.3. The van der Waals surface area contributed by atoms with Crippen molar-refractivity contribution >= 4 is 22.6 Å². The van der Waals surface area contributed by atoms with E-state index in [0.717, 1.165) is 41.4 Å². The van der Waals surface area contributed by atoms with Gasteiger partial charge in [-0.1, -0.05) is 39.0 Å². The number of carbonyl (C=O) groups is 1. The molecule has 35 heavy (non-hydrogen) atoms. The van der Waals surface area contributed by atoms with Gasteiger partial charge in [0.05, 0.1) is 22.6 Å². The summed E-state index contributed by atoms with van der Waals surface area (Å²) in [6.07, 6.45) is 2.60. The number of esters is 1. The summed E-state index contributed by atoms with van der Waals surface area (Å²) in [5, 5.41) is 12.2. The predicted octanol–water partition coefficient (Wildman–Crippen LogP) is 5.52. The van der Waals surface area contributed by atoms with E-state index in [1.165, 1.54) is 12.1 Å². The summed E-state index contributed by atoms with van der Waals surface area (Å²) in [4.78, 5) is 29.4.